The number of rotatable bonds is 6. The van der Waals surface area contributed by atoms with E-state index in [1.807, 2.05) is 11.6 Å². The van der Waals surface area contributed by atoms with Crippen LogP contribution < -0.4 is 5.32 Å². The number of aromatic nitrogens is 3. The van der Waals surface area contributed by atoms with E-state index < -0.39 is 0 Å². The van der Waals surface area contributed by atoms with Crippen LogP contribution in [0.2, 0.25) is 0 Å². The number of unbranched alkanes of at least 4 members (excludes halogenated alkanes) is 1. The molecule has 0 amide bonds. The Morgan fingerprint density at radius 1 is 1.21 bits per heavy atom. The second kappa shape index (κ2) is 8.98. The number of nitrogens with zero attached hydrogens (tertiary/aromatic N) is 5. The molecule has 0 radical (unpaired) electrons. The van der Waals surface area contributed by atoms with Crippen LogP contribution in [0.15, 0.2) is 17.6 Å². The summed E-state index contributed by atoms with van der Waals surface area (Å²) in [6.45, 7) is 5.19. The molecule has 134 valence electrons. The summed E-state index contributed by atoms with van der Waals surface area (Å²) in [6.07, 6.45) is 8.33. The van der Waals surface area contributed by atoms with E-state index in [2.05, 4.69) is 25.4 Å². The molecule has 2 unspecified atom stereocenters. The van der Waals surface area contributed by atoms with Crippen LogP contribution in [0.1, 0.15) is 25.7 Å². The third kappa shape index (κ3) is 4.67. The van der Waals surface area contributed by atoms with Crippen LogP contribution in [0.3, 0.4) is 0 Å². The van der Waals surface area contributed by atoms with E-state index in [0.717, 1.165) is 71.0 Å². The van der Waals surface area contributed by atoms with Gasteiger partial charge >= 0.3 is 0 Å². The Hall–Kier alpha value is -1.67. The quantitative estimate of drug-likeness (QED) is 0.463. The van der Waals surface area contributed by atoms with Gasteiger partial charge in [-0.3, -0.25) is 4.99 Å². The topological polar surface area (TPSA) is 76.8 Å². The average molecular weight is 336 g/mol. The van der Waals surface area contributed by atoms with Gasteiger partial charge in [0.1, 0.15) is 18.8 Å². The fourth-order valence-corrected chi connectivity index (χ4v) is 3.28. The number of morpholine rings is 1. The lowest BCUT2D eigenvalue weighted by atomic mass is 10.1. The molecule has 2 atom stereocenters. The maximum Gasteiger partial charge on any atom is 0.193 e. The molecule has 2 aliphatic rings. The van der Waals surface area contributed by atoms with Crippen molar-refractivity contribution in [3.8, 4) is 0 Å². The zero-order valence-electron chi connectivity index (χ0n) is 14.4. The van der Waals surface area contributed by atoms with Gasteiger partial charge in [0.05, 0.1) is 12.7 Å². The summed E-state index contributed by atoms with van der Waals surface area (Å²) < 4.78 is 13.7. The van der Waals surface area contributed by atoms with Crippen molar-refractivity contribution >= 4 is 5.96 Å². The molecule has 2 fully saturated rings. The molecule has 1 aromatic heterocycles. The van der Waals surface area contributed by atoms with Crippen molar-refractivity contribution in [3.63, 3.8) is 0 Å². The molecule has 2 saturated heterocycles. The molecule has 0 aromatic carbocycles. The van der Waals surface area contributed by atoms with Gasteiger partial charge in [-0.1, -0.05) is 0 Å². The highest BCUT2D eigenvalue weighted by Crippen LogP contribution is 2.20. The molecule has 0 spiro atoms. The fourth-order valence-electron chi connectivity index (χ4n) is 3.28. The van der Waals surface area contributed by atoms with Crippen molar-refractivity contribution in [3.05, 3.63) is 12.7 Å². The summed E-state index contributed by atoms with van der Waals surface area (Å²) in [5.74, 6) is 0.964. The van der Waals surface area contributed by atoms with Crippen molar-refractivity contribution in [2.45, 2.75) is 44.4 Å². The number of ether oxygens (including phenoxy) is 2. The van der Waals surface area contributed by atoms with Crippen LogP contribution in [-0.2, 0) is 16.0 Å². The molecule has 24 heavy (non-hydrogen) atoms. The van der Waals surface area contributed by atoms with E-state index in [4.69, 9.17) is 9.47 Å². The molecule has 1 N–H and O–H groups in total. The molecule has 3 rings (SSSR count). The van der Waals surface area contributed by atoms with Gasteiger partial charge in [-0.05, 0) is 25.7 Å². The van der Waals surface area contributed by atoms with Crippen molar-refractivity contribution in [2.75, 3.05) is 39.9 Å². The Labute approximate surface area is 143 Å². The zero-order chi connectivity index (χ0) is 16.6. The SMILES string of the molecule is CN=C(NCCCCn1cnnc1)N1CCOC(C2CCCO2)C1. The van der Waals surface area contributed by atoms with Gasteiger partial charge in [-0.2, -0.15) is 0 Å². The van der Waals surface area contributed by atoms with E-state index in [1.54, 1.807) is 12.7 Å². The van der Waals surface area contributed by atoms with Crippen LogP contribution in [0.5, 0.6) is 0 Å². The fraction of sp³-hybridized carbons (Fsp3) is 0.812. The van der Waals surface area contributed by atoms with E-state index in [-0.39, 0.29) is 12.2 Å². The number of aliphatic imine (C=N–C) groups is 1. The molecular formula is C16H28N6O2. The largest absolute Gasteiger partial charge is 0.375 e. The lowest BCUT2D eigenvalue weighted by Crippen LogP contribution is -2.53. The van der Waals surface area contributed by atoms with Crippen molar-refractivity contribution in [1.82, 2.24) is 25.0 Å². The second-order valence-electron chi connectivity index (χ2n) is 6.29. The van der Waals surface area contributed by atoms with Crippen LogP contribution in [0, 0.1) is 0 Å². The molecule has 2 aliphatic heterocycles. The molecule has 0 bridgehead atoms. The summed E-state index contributed by atoms with van der Waals surface area (Å²) in [6, 6.07) is 0. The van der Waals surface area contributed by atoms with Crippen LogP contribution >= 0.6 is 0 Å². The molecule has 0 saturated carbocycles. The summed E-state index contributed by atoms with van der Waals surface area (Å²) in [5, 5.41) is 11.1. The Bertz CT molecular complexity index is 501. The highest BCUT2D eigenvalue weighted by Gasteiger charge is 2.32. The van der Waals surface area contributed by atoms with Crippen LogP contribution in [-0.4, -0.2) is 77.7 Å². The minimum atomic E-state index is 0.161. The number of hydrogen-bond donors (Lipinski definition) is 1. The van der Waals surface area contributed by atoms with Crippen LogP contribution in [0.4, 0.5) is 0 Å². The standard InChI is InChI=1S/C16H28N6O2/c1-17-16(18-6-2-3-7-21-12-19-20-13-21)22-8-10-24-15(11-22)14-5-4-9-23-14/h12-15H,2-11H2,1H3,(H,17,18). The number of guanidine groups is 1. The van der Waals surface area contributed by atoms with E-state index >= 15 is 0 Å². The van der Waals surface area contributed by atoms with Gasteiger partial charge in [-0.15, -0.1) is 10.2 Å². The molecule has 8 nitrogen and oxygen atoms in total. The number of aryl methyl sites for hydroxylation is 1. The summed E-state index contributed by atoms with van der Waals surface area (Å²) in [7, 11) is 1.84. The normalized spacial score (nSPS) is 25.2. The monoisotopic (exact) mass is 336 g/mol. The third-order valence-corrected chi connectivity index (χ3v) is 4.58. The number of nitrogens with one attached hydrogen (secondary N) is 1. The van der Waals surface area contributed by atoms with Gasteiger partial charge in [0.15, 0.2) is 5.96 Å². The van der Waals surface area contributed by atoms with Crippen LogP contribution in [0.25, 0.3) is 0 Å². The maximum atomic E-state index is 5.91. The zero-order valence-corrected chi connectivity index (χ0v) is 14.4. The van der Waals surface area contributed by atoms with E-state index in [0.29, 0.717) is 0 Å². The second-order valence-corrected chi connectivity index (χ2v) is 6.29. The smallest absolute Gasteiger partial charge is 0.193 e. The molecule has 3 heterocycles. The minimum Gasteiger partial charge on any atom is -0.375 e. The lowest BCUT2D eigenvalue weighted by molar-refractivity contribution is -0.0816. The van der Waals surface area contributed by atoms with Crippen molar-refractivity contribution in [2.24, 2.45) is 4.99 Å². The molecule has 8 heteroatoms. The molecule has 1 aromatic rings. The van der Waals surface area contributed by atoms with Crippen molar-refractivity contribution in [1.29, 1.82) is 0 Å². The molecular weight excluding hydrogens is 308 g/mol. The molecule has 0 aliphatic carbocycles. The Morgan fingerprint density at radius 3 is 2.79 bits per heavy atom. The highest BCUT2D eigenvalue weighted by molar-refractivity contribution is 5.80. The summed E-state index contributed by atoms with van der Waals surface area (Å²) in [4.78, 5) is 6.72. The lowest BCUT2D eigenvalue weighted by Gasteiger charge is -2.37. The Morgan fingerprint density at radius 2 is 2.04 bits per heavy atom. The predicted octanol–water partition coefficient (Wildman–Crippen LogP) is 0.514. The summed E-state index contributed by atoms with van der Waals surface area (Å²) in [5.41, 5.74) is 0. The minimum absolute atomic E-state index is 0.161. The van der Waals surface area contributed by atoms with Crippen molar-refractivity contribution < 1.29 is 9.47 Å². The highest BCUT2D eigenvalue weighted by atomic mass is 16.5. The van der Waals surface area contributed by atoms with E-state index in [9.17, 15) is 0 Å². The van der Waals surface area contributed by atoms with Gasteiger partial charge in [0, 0.05) is 39.8 Å². The first-order valence-corrected chi connectivity index (χ1v) is 8.88. The first-order valence-electron chi connectivity index (χ1n) is 8.88. The first-order chi connectivity index (χ1) is 11.9. The van der Waals surface area contributed by atoms with Gasteiger partial charge in [0.2, 0.25) is 0 Å². The van der Waals surface area contributed by atoms with Gasteiger partial charge in [-0.25, -0.2) is 0 Å². The average Bonchev–Trinajstić information content (AvgIpc) is 3.32. The first kappa shape index (κ1) is 17.2. The summed E-state index contributed by atoms with van der Waals surface area (Å²) >= 11 is 0. The van der Waals surface area contributed by atoms with Gasteiger partial charge < -0.3 is 24.3 Å². The van der Waals surface area contributed by atoms with E-state index in [1.165, 1.54) is 0 Å². The third-order valence-electron chi connectivity index (χ3n) is 4.58. The Balaban J connectivity index is 1.38. The maximum absolute atomic E-state index is 5.91. The predicted molar refractivity (Wildman–Crippen MR) is 90.9 cm³/mol. The number of hydrogen-bond acceptors (Lipinski definition) is 5. The van der Waals surface area contributed by atoms with Gasteiger partial charge in [0.25, 0.3) is 0 Å². The Kier molecular flexibility index (Phi) is 6.42.